The van der Waals surface area contributed by atoms with Crippen molar-refractivity contribution in [2.45, 2.75) is 12.6 Å². The molecule has 7 heteroatoms. The molecule has 0 spiro atoms. The third kappa shape index (κ3) is 3.35. The quantitative estimate of drug-likeness (QED) is 0.863. The van der Waals surface area contributed by atoms with Crippen LogP contribution >= 0.6 is 39.1 Å². The summed E-state index contributed by atoms with van der Waals surface area (Å²) in [4.78, 5) is 0. The number of halogens is 3. The average molecular weight is 379 g/mol. The molecule has 0 bridgehead atoms. The molecule has 1 heterocycles. The van der Waals surface area contributed by atoms with Crippen molar-refractivity contribution >= 4 is 39.1 Å². The number of hydrogen-bond donors (Lipinski definition) is 1. The van der Waals surface area contributed by atoms with Crippen LogP contribution in [-0.4, -0.2) is 23.5 Å². The molecule has 0 saturated carbocycles. The molecule has 0 amide bonds. The summed E-state index contributed by atoms with van der Waals surface area (Å²) in [6, 6.07) is 5.13. The van der Waals surface area contributed by atoms with Crippen LogP contribution < -0.4 is 5.73 Å². The Kier molecular flexibility index (Phi) is 5.46. The van der Waals surface area contributed by atoms with E-state index in [1.165, 1.54) is 0 Å². The van der Waals surface area contributed by atoms with Crippen molar-refractivity contribution in [3.63, 3.8) is 0 Å². The molecule has 108 valence electrons. The van der Waals surface area contributed by atoms with Crippen LogP contribution in [0.15, 0.2) is 28.9 Å². The molecule has 2 aromatic rings. The Morgan fingerprint density at radius 3 is 2.80 bits per heavy atom. The van der Waals surface area contributed by atoms with Gasteiger partial charge in [-0.2, -0.15) is 5.10 Å². The van der Waals surface area contributed by atoms with Gasteiger partial charge in [0.15, 0.2) is 0 Å². The van der Waals surface area contributed by atoms with E-state index in [9.17, 15) is 0 Å². The third-order valence-electron chi connectivity index (χ3n) is 2.93. The highest BCUT2D eigenvalue weighted by atomic mass is 79.9. The fourth-order valence-corrected chi connectivity index (χ4v) is 2.99. The van der Waals surface area contributed by atoms with Gasteiger partial charge in [0.2, 0.25) is 0 Å². The van der Waals surface area contributed by atoms with E-state index < -0.39 is 6.04 Å². The van der Waals surface area contributed by atoms with Crippen molar-refractivity contribution in [3.05, 3.63) is 50.2 Å². The van der Waals surface area contributed by atoms with E-state index >= 15 is 0 Å². The molecule has 0 aliphatic carbocycles. The molecule has 0 aliphatic heterocycles. The van der Waals surface area contributed by atoms with E-state index in [1.807, 2.05) is 12.1 Å². The van der Waals surface area contributed by atoms with Crippen LogP contribution in [0.1, 0.15) is 17.3 Å². The minimum Gasteiger partial charge on any atom is -0.383 e. The fourth-order valence-electron chi connectivity index (χ4n) is 1.94. The third-order valence-corrected chi connectivity index (χ3v) is 4.04. The highest BCUT2D eigenvalue weighted by molar-refractivity contribution is 9.10. The molecule has 2 N–H and O–H groups in total. The minimum absolute atomic E-state index is 0.442. The van der Waals surface area contributed by atoms with Crippen molar-refractivity contribution in [2.75, 3.05) is 13.7 Å². The largest absolute Gasteiger partial charge is 0.383 e. The smallest absolute Gasteiger partial charge is 0.0837 e. The number of benzene rings is 1. The first-order valence-corrected chi connectivity index (χ1v) is 7.50. The first-order chi connectivity index (χ1) is 9.54. The molecule has 20 heavy (non-hydrogen) atoms. The fraction of sp³-hybridized carbons (Fsp3) is 0.308. The zero-order valence-corrected chi connectivity index (χ0v) is 13.9. The van der Waals surface area contributed by atoms with Crippen LogP contribution in [0.2, 0.25) is 10.0 Å². The van der Waals surface area contributed by atoms with Crippen molar-refractivity contribution in [2.24, 2.45) is 5.73 Å². The minimum atomic E-state index is -0.442. The predicted octanol–water partition coefficient (Wildman–Crippen LogP) is 3.65. The number of rotatable bonds is 5. The summed E-state index contributed by atoms with van der Waals surface area (Å²) >= 11 is 15.8. The van der Waals surface area contributed by atoms with Crippen molar-refractivity contribution in [1.82, 2.24) is 9.78 Å². The van der Waals surface area contributed by atoms with Gasteiger partial charge in [-0.15, -0.1) is 0 Å². The SMILES string of the molecule is COCCn1ncc(Cl)c1C(N)c1ccc(Br)cc1Cl. The number of nitrogens with two attached hydrogens (primary N) is 1. The molecular formula is C13H14BrCl2N3O. The highest BCUT2D eigenvalue weighted by Crippen LogP contribution is 2.32. The first-order valence-electron chi connectivity index (χ1n) is 5.95. The van der Waals surface area contributed by atoms with Crippen molar-refractivity contribution < 1.29 is 4.74 Å². The Morgan fingerprint density at radius 2 is 2.15 bits per heavy atom. The maximum atomic E-state index is 6.30. The number of hydrogen-bond acceptors (Lipinski definition) is 3. The maximum absolute atomic E-state index is 6.30. The van der Waals surface area contributed by atoms with Gasteiger partial charge in [-0.05, 0) is 17.7 Å². The molecule has 1 atom stereocenters. The lowest BCUT2D eigenvalue weighted by Crippen LogP contribution is -2.19. The molecule has 0 aliphatic rings. The molecule has 1 aromatic heterocycles. The molecule has 0 saturated heterocycles. The molecule has 0 fully saturated rings. The summed E-state index contributed by atoms with van der Waals surface area (Å²) < 4.78 is 7.70. The zero-order valence-electron chi connectivity index (χ0n) is 10.8. The normalized spacial score (nSPS) is 12.7. The van der Waals surface area contributed by atoms with Crippen LogP contribution in [-0.2, 0) is 11.3 Å². The highest BCUT2D eigenvalue weighted by Gasteiger charge is 2.20. The van der Waals surface area contributed by atoms with Crippen molar-refractivity contribution in [3.8, 4) is 0 Å². The molecular weight excluding hydrogens is 365 g/mol. The predicted molar refractivity (Wildman–Crippen MR) is 84.3 cm³/mol. The van der Waals surface area contributed by atoms with E-state index in [0.29, 0.717) is 23.2 Å². The lowest BCUT2D eigenvalue weighted by molar-refractivity contribution is 0.182. The van der Waals surface area contributed by atoms with Crippen LogP contribution in [0, 0.1) is 0 Å². The monoisotopic (exact) mass is 377 g/mol. The van der Waals surface area contributed by atoms with E-state index in [-0.39, 0.29) is 0 Å². The van der Waals surface area contributed by atoms with Gasteiger partial charge in [-0.1, -0.05) is 45.2 Å². The Bertz CT molecular complexity index is 603. The van der Waals surface area contributed by atoms with Gasteiger partial charge in [0.1, 0.15) is 0 Å². The standard InChI is InChI=1S/C13H14BrCl2N3O/c1-20-5-4-19-13(11(16)7-18-19)12(17)9-3-2-8(14)6-10(9)15/h2-3,6-7,12H,4-5,17H2,1H3. The van der Waals surface area contributed by atoms with Gasteiger partial charge in [-0.25, -0.2) is 0 Å². The van der Waals surface area contributed by atoms with Crippen LogP contribution in [0.25, 0.3) is 0 Å². The number of ether oxygens (including phenoxy) is 1. The second-order valence-corrected chi connectivity index (χ2v) is 5.97. The van der Waals surface area contributed by atoms with Crippen LogP contribution in [0.4, 0.5) is 0 Å². The summed E-state index contributed by atoms with van der Waals surface area (Å²) in [7, 11) is 1.64. The van der Waals surface area contributed by atoms with Crippen molar-refractivity contribution in [1.29, 1.82) is 0 Å². The van der Waals surface area contributed by atoms with Gasteiger partial charge >= 0.3 is 0 Å². The summed E-state index contributed by atoms with van der Waals surface area (Å²) in [5.41, 5.74) is 7.83. The lowest BCUT2D eigenvalue weighted by Gasteiger charge is -2.16. The van der Waals surface area contributed by atoms with E-state index in [1.54, 1.807) is 24.1 Å². The average Bonchev–Trinajstić information content (AvgIpc) is 2.77. The lowest BCUT2D eigenvalue weighted by atomic mass is 10.0. The Morgan fingerprint density at radius 1 is 1.40 bits per heavy atom. The molecule has 1 unspecified atom stereocenters. The Balaban J connectivity index is 2.37. The number of aromatic nitrogens is 2. The number of methoxy groups -OCH3 is 1. The van der Waals surface area contributed by atoms with E-state index in [2.05, 4.69) is 21.0 Å². The maximum Gasteiger partial charge on any atom is 0.0837 e. The van der Waals surface area contributed by atoms with E-state index in [4.69, 9.17) is 33.7 Å². The second-order valence-electron chi connectivity index (χ2n) is 4.24. The Labute approximate surface area is 135 Å². The first kappa shape index (κ1) is 15.8. The van der Waals surface area contributed by atoms with E-state index in [0.717, 1.165) is 15.7 Å². The van der Waals surface area contributed by atoms with Crippen LogP contribution in [0.5, 0.6) is 0 Å². The summed E-state index contributed by atoms with van der Waals surface area (Å²) in [5.74, 6) is 0. The molecule has 4 nitrogen and oxygen atoms in total. The second kappa shape index (κ2) is 6.91. The Hall–Kier alpha value is -0.590. The van der Waals surface area contributed by atoms with Gasteiger partial charge in [0.05, 0.1) is 36.1 Å². The van der Waals surface area contributed by atoms with Gasteiger partial charge in [0, 0.05) is 16.6 Å². The number of nitrogens with zero attached hydrogens (tertiary/aromatic N) is 2. The van der Waals surface area contributed by atoms with Gasteiger partial charge in [0.25, 0.3) is 0 Å². The van der Waals surface area contributed by atoms with Gasteiger partial charge in [-0.3, -0.25) is 4.68 Å². The zero-order chi connectivity index (χ0) is 14.7. The summed E-state index contributed by atoms with van der Waals surface area (Å²) in [5, 5.41) is 5.33. The summed E-state index contributed by atoms with van der Waals surface area (Å²) in [6.45, 7) is 1.12. The molecule has 2 rings (SSSR count). The van der Waals surface area contributed by atoms with Gasteiger partial charge < -0.3 is 10.5 Å². The summed E-state index contributed by atoms with van der Waals surface area (Å²) in [6.07, 6.45) is 1.58. The molecule has 1 aromatic carbocycles. The topological polar surface area (TPSA) is 53.1 Å². The van der Waals surface area contributed by atoms with Crippen LogP contribution in [0.3, 0.4) is 0 Å². The molecule has 0 radical (unpaired) electrons.